The summed E-state index contributed by atoms with van der Waals surface area (Å²) in [6.45, 7) is 1.39. The van der Waals surface area contributed by atoms with Crippen LogP contribution in [0.15, 0.2) is 53.4 Å². The third-order valence-corrected chi connectivity index (χ3v) is 4.17. The van der Waals surface area contributed by atoms with Gasteiger partial charge in [-0.25, -0.2) is 0 Å². The molecule has 0 aliphatic carbocycles. The maximum atomic E-state index is 12.0. The molecular formula is C18H22N2O2S. The van der Waals surface area contributed by atoms with Crippen molar-refractivity contribution in [2.24, 2.45) is 0 Å². The van der Waals surface area contributed by atoms with Crippen LogP contribution in [-0.4, -0.2) is 25.8 Å². The van der Waals surface area contributed by atoms with E-state index in [0.717, 1.165) is 21.7 Å². The Kier molecular flexibility index (Phi) is 6.97. The van der Waals surface area contributed by atoms with Crippen molar-refractivity contribution in [3.8, 4) is 0 Å². The van der Waals surface area contributed by atoms with Gasteiger partial charge in [0, 0.05) is 24.2 Å². The minimum Gasteiger partial charge on any atom is -0.380 e. The first kappa shape index (κ1) is 17.4. The fraction of sp³-hybridized carbons (Fsp3) is 0.278. The molecule has 0 atom stereocenters. The van der Waals surface area contributed by atoms with E-state index in [-0.39, 0.29) is 12.5 Å². The molecule has 0 aliphatic heterocycles. The normalized spacial score (nSPS) is 10.3. The fourth-order valence-corrected chi connectivity index (χ4v) is 2.72. The average molecular weight is 330 g/mol. The first-order valence-corrected chi connectivity index (χ1v) is 8.65. The number of thioether (sulfide) groups is 1. The number of rotatable bonds is 8. The van der Waals surface area contributed by atoms with E-state index in [2.05, 4.69) is 10.6 Å². The highest BCUT2D eigenvalue weighted by molar-refractivity contribution is 7.98. The van der Waals surface area contributed by atoms with Gasteiger partial charge >= 0.3 is 0 Å². The van der Waals surface area contributed by atoms with E-state index in [1.165, 1.54) is 0 Å². The molecule has 2 aromatic rings. The maximum absolute atomic E-state index is 12.0. The Morgan fingerprint density at radius 1 is 1.09 bits per heavy atom. The van der Waals surface area contributed by atoms with Gasteiger partial charge in [-0.05, 0) is 29.5 Å². The molecule has 2 rings (SSSR count). The zero-order valence-corrected chi connectivity index (χ0v) is 14.3. The Morgan fingerprint density at radius 3 is 2.48 bits per heavy atom. The fourth-order valence-electron chi connectivity index (χ4n) is 2.15. The maximum Gasteiger partial charge on any atom is 0.239 e. The predicted molar refractivity (Wildman–Crippen MR) is 95.7 cm³/mol. The SMILES string of the molecule is COCc1ccc(CNC(=O)CNc2ccccc2SC)cc1. The summed E-state index contributed by atoms with van der Waals surface area (Å²) in [5, 5.41) is 6.10. The Hall–Kier alpha value is -1.98. The number of amides is 1. The molecule has 122 valence electrons. The number of hydrogen-bond donors (Lipinski definition) is 2. The average Bonchev–Trinajstić information content (AvgIpc) is 2.60. The van der Waals surface area contributed by atoms with Crippen LogP contribution in [0.5, 0.6) is 0 Å². The van der Waals surface area contributed by atoms with Gasteiger partial charge < -0.3 is 15.4 Å². The first-order chi connectivity index (χ1) is 11.2. The first-order valence-electron chi connectivity index (χ1n) is 7.43. The van der Waals surface area contributed by atoms with Gasteiger partial charge in [0.15, 0.2) is 0 Å². The lowest BCUT2D eigenvalue weighted by atomic mass is 10.1. The highest BCUT2D eigenvalue weighted by Gasteiger charge is 2.04. The van der Waals surface area contributed by atoms with Crippen molar-refractivity contribution in [3.63, 3.8) is 0 Å². The minimum atomic E-state index is -0.0260. The monoisotopic (exact) mass is 330 g/mol. The van der Waals surface area contributed by atoms with Crippen LogP contribution in [0, 0.1) is 0 Å². The summed E-state index contributed by atoms with van der Waals surface area (Å²) in [6, 6.07) is 16.0. The molecule has 0 heterocycles. The smallest absolute Gasteiger partial charge is 0.239 e. The quantitative estimate of drug-likeness (QED) is 0.729. The number of anilines is 1. The van der Waals surface area contributed by atoms with E-state index in [0.29, 0.717) is 13.2 Å². The Bertz CT molecular complexity index is 629. The molecule has 0 spiro atoms. The van der Waals surface area contributed by atoms with Crippen LogP contribution in [0.2, 0.25) is 0 Å². The second kappa shape index (κ2) is 9.22. The van der Waals surface area contributed by atoms with Gasteiger partial charge in [0.05, 0.1) is 13.2 Å². The van der Waals surface area contributed by atoms with E-state index < -0.39 is 0 Å². The van der Waals surface area contributed by atoms with Gasteiger partial charge in [-0.2, -0.15) is 0 Å². The lowest BCUT2D eigenvalue weighted by Crippen LogP contribution is -2.29. The standard InChI is InChI=1S/C18H22N2O2S/c1-22-13-15-9-7-14(8-10-15)11-20-18(21)12-19-16-5-3-4-6-17(16)23-2/h3-10,19H,11-13H2,1-2H3,(H,20,21). The number of ether oxygens (including phenoxy) is 1. The molecule has 1 amide bonds. The summed E-state index contributed by atoms with van der Waals surface area (Å²) in [4.78, 5) is 13.1. The van der Waals surface area contributed by atoms with Crippen molar-refractivity contribution in [2.75, 3.05) is 25.2 Å². The molecule has 0 saturated carbocycles. The van der Waals surface area contributed by atoms with Gasteiger partial charge in [0.2, 0.25) is 5.91 Å². The molecule has 2 N–H and O–H groups in total. The summed E-state index contributed by atoms with van der Waals surface area (Å²) in [5.41, 5.74) is 3.18. The van der Waals surface area contributed by atoms with Crippen molar-refractivity contribution in [2.45, 2.75) is 18.0 Å². The number of nitrogens with one attached hydrogen (secondary N) is 2. The van der Waals surface area contributed by atoms with Crippen LogP contribution in [0.4, 0.5) is 5.69 Å². The summed E-state index contributed by atoms with van der Waals surface area (Å²) in [5.74, 6) is -0.0260. The van der Waals surface area contributed by atoms with Crippen LogP contribution < -0.4 is 10.6 Å². The van der Waals surface area contributed by atoms with Crippen molar-refractivity contribution in [1.82, 2.24) is 5.32 Å². The third-order valence-electron chi connectivity index (χ3n) is 3.37. The van der Waals surface area contributed by atoms with Gasteiger partial charge in [0.1, 0.15) is 0 Å². The van der Waals surface area contributed by atoms with Crippen LogP contribution in [0.25, 0.3) is 0 Å². The van der Waals surface area contributed by atoms with Crippen LogP contribution in [-0.2, 0) is 22.7 Å². The zero-order valence-electron chi connectivity index (χ0n) is 13.5. The van der Waals surface area contributed by atoms with Crippen molar-refractivity contribution < 1.29 is 9.53 Å². The molecule has 4 nitrogen and oxygen atoms in total. The lowest BCUT2D eigenvalue weighted by molar-refractivity contribution is -0.119. The number of para-hydroxylation sites is 1. The largest absolute Gasteiger partial charge is 0.380 e. The summed E-state index contributed by atoms with van der Waals surface area (Å²) < 4.78 is 5.08. The highest BCUT2D eigenvalue weighted by atomic mass is 32.2. The minimum absolute atomic E-state index is 0.0260. The number of carbonyl (C=O) groups is 1. The van der Waals surface area contributed by atoms with E-state index in [9.17, 15) is 4.79 Å². The van der Waals surface area contributed by atoms with Crippen molar-refractivity contribution in [3.05, 3.63) is 59.7 Å². The van der Waals surface area contributed by atoms with Gasteiger partial charge in [-0.3, -0.25) is 4.79 Å². The molecule has 2 aromatic carbocycles. The number of hydrogen-bond acceptors (Lipinski definition) is 4. The summed E-state index contributed by atoms with van der Waals surface area (Å²) in [6.07, 6.45) is 2.02. The van der Waals surface area contributed by atoms with Gasteiger partial charge in [-0.15, -0.1) is 11.8 Å². The topological polar surface area (TPSA) is 50.4 Å². The Labute approximate surface area is 141 Å². The Balaban J connectivity index is 1.78. The van der Waals surface area contributed by atoms with Crippen LogP contribution >= 0.6 is 11.8 Å². The second-order valence-electron chi connectivity index (χ2n) is 5.08. The third kappa shape index (κ3) is 5.62. The zero-order chi connectivity index (χ0) is 16.5. The molecule has 0 saturated heterocycles. The molecule has 5 heteroatoms. The number of carbonyl (C=O) groups excluding carboxylic acids is 1. The highest BCUT2D eigenvalue weighted by Crippen LogP contribution is 2.24. The molecule has 23 heavy (non-hydrogen) atoms. The summed E-state index contributed by atoms with van der Waals surface area (Å²) in [7, 11) is 1.68. The van der Waals surface area contributed by atoms with Gasteiger partial charge in [0.25, 0.3) is 0 Å². The van der Waals surface area contributed by atoms with Crippen molar-refractivity contribution in [1.29, 1.82) is 0 Å². The lowest BCUT2D eigenvalue weighted by Gasteiger charge is -2.11. The molecule has 0 fully saturated rings. The van der Waals surface area contributed by atoms with E-state index in [1.54, 1.807) is 18.9 Å². The summed E-state index contributed by atoms with van der Waals surface area (Å²) >= 11 is 1.66. The van der Waals surface area contributed by atoms with Crippen molar-refractivity contribution >= 4 is 23.4 Å². The van der Waals surface area contributed by atoms with E-state index in [4.69, 9.17) is 4.74 Å². The van der Waals surface area contributed by atoms with E-state index in [1.807, 2.05) is 54.8 Å². The predicted octanol–water partition coefficient (Wildman–Crippen LogP) is 3.28. The molecule has 0 radical (unpaired) electrons. The van der Waals surface area contributed by atoms with E-state index >= 15 is 0 Å². The molecule has 0 unspecified atom stereocenters. The second-order valence-corrected chi connectivity index (χ2v) is 5.93. The molecule has 0 aliphatic rings. The van der Waals surface area contributed by atoms with Gasteiger partial charge in [-0.1, -0.05) is 36.4 Å². The van der Waals surface area contributed by atoms with Crippen LogP contribution in [0.3, 0.4) is 0 Å². The van der Waals surface area contributed by atoms with Crippen LogP contribution in [0.1, 0.15) is 11.1 Å². The molecule has 0 bridgehead atoms. The number of methoxy groups -OCH3 is 1. The molecule has 0 aromatic heterocycles. The Morgan fingerprint density at radius 2 is 1.78 bits per heavy atom. The molecular weight excluding hydrogens is 308 g/mol. The number of benzene rings is 2.